The molecule has 0 saturated carbocycles. The van der Waals surface area contributed by atoms with E-state index in [2.05, 4.69) is 14.8 Å². The fraction of sp³-hybridized carbons (Fsp3) is 0.429. The molecule has 0 aliphatic rings. The lowest BCUT2D eigenvalue weighted by Crippen LogP contribution is -2.30. The quantitative estimate of drug-likeness (QED) is 0.847. The molecule has 0 fully saturated rings. The summed E-state index contributed by atoms with van der Waals surface area (Å²) < 4.78 is 28.8. The first-order chi connectivity index (χ1) is 10.0. The van der Waals surface area contributed by atoms with E-state index in [0.717, 1.165) is 18.5 Å². The normalized spacial score (nSPS) is 13.2. The van der Waals surface area contributed by atoms with Crippen molar-refractivity contribution in [3.63, 3.8) is 0 Å². The van der Waals surface area contributed by atoms with Crippen LogP contribution in [-0.4, -0.2) is 23.2 Å². The number of rotatable bonds is 7. The number of sulfonamides is 1. The molecule has 1 aromatic carbocycles. The molecule has 6 nitrogen and oxygen atoms in total. The highest BCUT2D eigenvalue weighted by Gasteiger charge is 2.20. The first-order valence-corrected chi connectivity index (χ1v) is 8.58. The molecular formula is C14H20N4O2S. The second-order valence-electron chi connectivity index (χ2n) is 4.93. The summed E-state index contributed by atoms with van der Waals surface area (Å²) in [5, 5.41) is 4.11. The van der Waals surface area contributed by atoms with Gasteiger partial charge in [-0.15, -0.1) is 0 Å². The molecule has 0 unspecified atom stereocenters. The van der Waals surface area contributed by atoms with Crippen LogP contribution in [0.3, 0.4) is 0 Å². The Kier molecular flexibility index (Phi) is 5.08. The Morgan fingerprint density at radius 2 is 2.00 bits per heavy atom. The van der Waals surface area contributed by atoms with E-state index in [0.29, 0.717) is 5.82 Å². The van der Waals surface area contributed by atoms with Crippen molar-refractivity contribution in [3.8, 4) is 0 Å². The van der Waals surface area contributed by atoms with Crippen molar-refractivity contribution >= 4 is 10.0 Å². The zero-order chi connectivity index (χ0) is 15.3. The molecule has 7 heteroatoms. The first kappa shape index (κ1) is 15.7. The molecule has 0 aliphatic carbocycles. The molecule has 0 saturated heterocycles. The molecule has 0 radical (unpaired) electrons. The van der Waals surface area contributed by atoms with Crippen LogP contribution in [-0.2, 0) is 22.3 Å². The Balaban J connectivity index is 2.07. The summed E-state index contributed by atoms with van der Waals surface area (Å²) in [5.74, 6) is 0.591. The van der Waals surface area contributed by atoms with Crippen molar-refractivity contribution in [2.45, 2.75) is 38.6 Å². The molecule has 0 spiro atoms. The van der Waals surface area contributed by atoms with E-state index in [1.807, 2.05) is 25.1 Å². The zero-order valence-electron chi connectivity index (χ0n) is 12.2. The molecule has 0 bridgehead atoms. The molecule has 0 amide bonds. The van der Waals surface area contributed by atoms with Gasteiger partial charge in [0.2, 0.25) is 10.0 Å². The number of nitrogens with zero attached hydrogens (tertiary/aromatic N) is 3. The zero-order valence-corrected chi connectivity index (χ0v) is 13.0. The van der Waals surface area contributed by atoms with Gasteiger partial charge in [-0.3, -0.25) is 0 Å². The Bertz CT molecular complexity index is 667. The van der Waals surface area contributed by atoms with E-state index >= 15 is 0 Å². The van der Waals surface area contributed by atoms with Gasteiger partial charge in [-0.2, -0.15) is 5.10 Å². The smallest absolute Gasteiger partial charge is 0.216 e. The van der Waals surface area contributed by atoms with Crippen molar-refractivity contribution in [2.24, 2.45) is 0 Å². The van der Waals surface area contributed by atoms with Gasteiger partial charge in [0.05, 0.1) is 11.8 Å². The third-order valence-electron chi connectivity index (χ3n) is 3.02. The first-order valence-electron chi connectivity index (χ1n) is 6.93. The van der Waals surface area contributed by atoms with Crippen LogP contribution in [0.25, 0.3) is 0 Å². The molecule has 2 rings (SSSR count). The number of hydrogen-bond acceptors (Lipinski definition) is 4. The SMILES string of the molecule is CCCn1ncnc1[C@@H](C)NS(=O)(=O)Cc1ccccc1. The maximum absolute atomic E-state index is 12.2. The Morgan fingerprint density at radius 3 is 2.67 bits per heavy atom. The molecule has 1 N–H and O–H groups in total. The van der Waals surface area contributed by atoms with Crippen LogP contribution in [0.1, 0.15) is 37.7 Å². The van der Waals surface area contributed by atoms with Crippen LogP contribution < -0.4 is 4.72 Å². The average molecular weight is 308 g/mol. The minimum atomic E-state index is -3.42. The summed E-state index contributed by atoms with van der Waals surface area (Å²) in [7, 11) is -3.42. The Hall–Kier alpha value is -1.73. The lowest BCUT2D eigenvalue weighted by molar-refractivity contribution is 0.515. The lowest BCUT2D eigenvalue weighted by Gasteiger charge is -2.14. The molecule has 1 aromatic heterocycles. The summed E-state index contributed by atoms with van der Waals surface area (Å²) in [6.45, 7) is 4.54. The second-order valence-corrected chi connectivity index (χ2v) is 6.68. The van der Waals surface area contributed by atoms with Gasteiger partial charge < -0.3 is 0 Å². The van der Waals surface area contributed by atoms with Crippen molar-refractivity contribution in [3.05, 3.63) is 48.0 Å². The molecule has 1 atom stereocenters. The van der Waals surface area contributed by atoms with Crippen LogP contribution in [0, 0.1) is 0 Å². The standard InChI is InChI=1S/C14H20N4O2S/c1-3-9-18-14(15-11-16-18)12(2)17-21(19,20)10-13-7-5-4-6-8-13/h4-8,11-12,17H,3,9-10H2,1-2H3/t12-/m1/s1. The number of hydrogen-bond donors (Lipinski definition) is 1. The predicted octanol–water partition coefficient (Wildman–Crippen LogP) is 1.87. The third kappa shape index (κ3) is 4.37. The largest absolute Gasteiger partial charge is 0.249 e. The molecule has 2 aromatic rings. The van der Waals surface area contributed by atoms with Gasteiger partial charge in [0.1, 0.15) is 12.2 Å². The third-order valence-corrected chi connectivity index (χ3v) is 4.45. The van der Waals surface area contributed by atoms with Crippen molar-refractivity contribution < 1.29 is 8.42 Å². The molecule has 1 heterocycles. The van der Waals surface area contributed by atoms with Crippen molar-refractivity contribution in [1.82, 2.24) is 19.5 Å². The van der Waals surface area contributed by atoms with Crippen LogP contribution in [0.5, 0.6) is 0 Å². The minimum Gasteiger partial charge on any atom is -0.249 e. The van der Waals surface area contributed by atoms with E-state index < -0.39 is 16.1 Å². The second kappa shape index (κ2) is 6.82. The maximum atomic E-state index is 12.2. The topological polar surface area (TPSA) is 76.9 Å². The van der Waals surface area contributed by atoms with Gasteiger partial charge in [0.25, 0.3) is 0 Å². The van der Waals surface area contributed by atoms with Crippen LogP contribution in [0.15, 0.2) is 36.7 Å². The summed E-state index contributed by atoms with van der Waals surface area (Å²) >= 11 is 0. The summed E-state index contributed by atoms with van der Waals surface area (Å²) in [5.41, 5.74) is 0.757. The van der Waals surface area contributed by atoms with E-state index in [1.165, 1.54) is 6.33 Å². The summed E-state index contributed by atoms with van der Waals surface area (Å²) in [6, 6.07) is 8.69. The highest BCUT2D eigenvalue weighted by atomic mass is 32.2. The van der Waals surface area contributed by atoms with Gasteiger partial charge in [0, 0.05) is 6.54 Å². The Labute approximate surface area is 125 Å². The number of benzene rings is 1. The number of aromatic nitrogens is 3. The summed E-state index contributed by atoms with van der Waals surface area (Å²) in [4.78, 5) is 4.15. The van der Waals surface area contributed by atoms with Gasteiger partial charge in [-0.05, 0) is 18.9 Å². The van der Waals surface area contributed by atoms with Gasteiger partial charge in [-0.25, -0.2) is 22.8 Å². The molecular weight excluding hydrogens is 288 g/mol. The average Bonchev–Trinajstić information content (AvgIpc) is 2.87. The van der Waals surface area contributed by atoms with Gasteiger partial charge in [0.15, 0.2) is 0 Å². The highest BCUT2D eigenvalue weighted by Crippen LogP contribution is 2.13. The van der Waals surface area contributed by atoms with Crippen LogP contribution >= 0.6 is 0 Å². The fourth-order valence-corrected chi connectivity index (χ4v) is 3.51. The summed E-state index contributed by atoms with van der Waals surface area (Å²) in [6.07, 6.45) is 2.37. The molecule has 114 valence electrons. The number of nitrogens with one attached hydrogen (secondary N) is 1. The number of aryl methyl sites for hydroxylation is 1. The lowest BCUT2D eigenvalue weighted by atomic mass is 10.2. The Morgan fingerprint density at radius 1 is 1.29 bits per heavy atom. The highest BCUT2D eigenvalue weighted by molar-refractivity contribution is 7.88. The van der Waals surface area contributed by atoms with Crippen molar-refractivity contribution in [1.29, 1.82) is 0 Å². The van der Waals surface area contributed by atoms with Crippen LogP contribution in [0.2, 0.25) is 0 Å². The molecule has 21 heavy (non-hydrogen) atoms. The fourth-order valence-electron chi connectivity index (χ4n) is 2.15. The van der Waals surface area contributed by atoms with Crippen LogP contribution in [0.4, 0.5) is 0 Å². The molecule has 0 aliphatic heterocycles. The monoisotopic (exact) mass is 308 g/mol. The van der Waals surface area contributed by atoms with Gasteiger partial charge >= 0.3 is 0 Å². The van der Waals surface area contributed by atoms with E-state index in [-0.39, 0.29) is 5.75 Å². The predicted molar refractivity (Wildman–Crippen MR) is 80.9 cm³/mol. The van der Waals surface area contributed by atoms with E-state index in [9.17, 15) is 8.42 Å². The van der Waals surface area contributed by atoms with E-state index in [4.69, 9.17) is 0 Å². The maximum Gasteiger partial charge on any atom is 0.216 e. The van der Waals surface area contributed by atoms with Gasteiger partial charge in [-0.1, -0.05) is 37.3 Å². The van der Waals surface area contributed by atoms with Crippen molar-refractivity contribution in [2.75, 3.05) is 0 Å². The van der Waals surface area contributed by atoms with E-state index in [1.54, 1.807) is 23.7 Å². The minimum absolute atomic E-state index is 0.0416.